The van der Waals surface area contributed by atoms with Crippen molar-refractivity contribution in [2.24, 2.45) is 5.73 Å². The van der Waals surface area contributed by atoms with Crippen LogP contribution in [0.15, 0.2) is 24.3 Å². The number of hydrogen-bond acceptors (Lipinski definition) is 2. The van der Waals surface area contributed by atoms with Crippen LogP contribution in [0.25, 0.3) is 0 Å². The first-order valence-corrected chi connectivity index (χ1v) is 6.69. The molecule has 1 saturated carbocycles. The van der Waals surface area contributed by atoms with Gasteiger partial charge in [0, 0.05) is 6.61 Å². The summed E-state index contributed by atoms with van der Waals surface area (Å²) in [6.45, 7) is 4.76. The molecule has 2 unspecified atom stereocenters. The van der Waals surface area contributed by atoms with Crippen molar-refractivity contribution in [3.8, 4) is 0 Å². The zero-order chi connectivity index (χ0) is 12.3. The number of rotatable bonds is 5. The SMILES string of the molecule is CCOC(C)C(N)c1ccc(C2CCC2)cc1. The average molecular weight is 233 g/mol. The van der Waals surface area contributed by atoms with Crippen molar-refractivity contribution in [1.29, 1.82) is 0 Å². The van der Waals surface area contributed by atoms with Crippen molar-refractivity contribution in [3.05, 3.63) is 35.4 Å². The Balaban J connectivity index is 2.01. The monoisotopic (exact) mass is 233 g/mol. The Morgan fingerprint density at radius 1 is 1.29 bits per heavy atom. The number of ether oxygens (including phenoxy) is 1. The lowest BCUT2D eigenvalue weighted by Crippen LogP contribution is -2.26. The fourth-order valence-electron chi connectivity index (χ4n) is 2.37. The van der Waals surface area contributed by atoms with E-state index in [1.807, 2.05) is 13.8 Å². The molecule has 0 saturated heterocycles. The number of benzene rings is 1. The Morgan fingerprint density at radius 2 is 1.94 bits per heavy atom. The lowest BCUT2D eigenvalue weighted by molar-refractivity contribution is 0.0574. The zero-order valence-corrected chi connectivity index (χ0v) is 10.9. The van der Waals surface area contributed by atoms with Crippen molar-refractivity contribution in [1.82, 2.24) is 0 Å². The predicted molar refractivity (Wildman–Crippen MR) is 71.1 cm³/mol. The third-order valence-corrected chi connectivity index (χ3v) is 3.83. The maximum atomic E-state index is 6.17. The van der Waals surface area contributed by atoms with Gasteiger partial charge >= 0.3 is 0 Å². The number of nitrogens with two attached hydrogens (primary N) is 1. The minimum atomic E-state index is -0.0228. The second-order valence-corrected chi connectivity index (χ2v) is 4.98. The molecule has 0 heterocycles. The Bertz CT molecular complexity index is 342. The van der Waals surface area contributed by atoms with Crippen molar-refractivity contribution < 1.29 is 4.74 Å². The molecule has 1 fully saturated rings. The van der Waals surface area contributed by atoms with Crippen LogP contribution in [0.4, 0.5) is 0 Å². The van der Waals surface area contributed by atoms with Gasteiger partial charge in [0.1, 0.15) is 0 Å². The molecule has 2 rings (SSSR count). The van der Waals surface area contributed by atoms with Crippen molar-refractivity contribution >= 4 is 0 Å². The van der Waals surface area contributed by atoms with E-state index in [2.05, 4.69) is 24.3 Å². The van der Waals surface area contributed by atoms with Gasteiger partial charge in [-0.1, -0.05) is 30.7 Å². The van der Waals surface area contributed by atoms with E-state index >= 15 is 0 Å². The summed E-state index contributed by atoms with van der Waals surface area (Å²) in [5.74, 6) is 0.796. The van der Waals surface area contributed by atoms with Crippen LogP contribution in [0, 0.1) is 0 Å². The van der Waals surface area contributed by atoms with Gasteiger partial charge in [-0.3, -0.25) is 0 Å². The minimum absolute atomic E-state index is 0.0228. The fraction of sp³-hybridized carbons (Fsp3) is 0.600. The fourth-order valence-corrected chi connectivity index (χ4v) is 2.37. The van der Waals surface area contributed by atoms with E-state index < -0.39 is 0 Å². The van der Waals surface area contributed by atoms with E-state index in [9.17, 15) is 0 Å². The van der Waals surface area contributed by atoms with Crippen LogP contribution < -0.4 is 5.73 Å². The van der Waals surface area contributed by atoms with Crippen molar-refractivity contribution in [2.75, 3.05) is 6.61 Å². The third-order valence-electron chi connectivity index (χ3n) is 3.83. The normalized spacial score (nSPS) is 19.7. The molecule has 2 nitrogen and oxygen atoms in total. The van der Waals surface area contributed by atoms with Crippen LogP contribution in [0.5, 0.6) is 0 Å². The van der Waals surface area contributed by atoms with Crippen molar-refractivity contribution in [3.63, 3.8) is 0 Å². The summed E-state index contributed by atoms with van der Waals surface area (Å²) < 4.78 is 5.54. The molecule has 1 aliphatic rings. The highest BCUT2D eigenvalue weighted by Gasteiger charge is 2.20. The zero-order valence-electron chi connectivity index (χ0n) is 10.9. The summed E-state index contributed by atoms with van der Waals surface area (Å²) >= 11 is 0. The van der Waals surface area contributed by atoms with Crippen LogP contribution in [-0.2, 0) is 4.74 Å². The molecule has 0 aromatic heterocycles. The summed E-state index contributed by atoms with van der Waals surface area (Å²) in [5.41, 5.74) is 8.82. The summed E-state index contributed by atoms with van der Waals surface area (Å²) in [6, 6.07) is 8.77. The molecule has 2 heteroatoms. The summed E-state index contributed by atoms with van der Waals surface area (Å²) in [6.07, 6.45) is 4.16. The average Bonchev–Trinajstić information content (AvgIpc) is 2.27. The Labute approximate surface area is 104 Å². The van der Waals surface area contributed by atoms with Gasteiger partial charge in [-0.2, -0.15) is 0 Å². The van der Waals surface area contributed by atoms with Crippen LogP contribution in [-0.4, -0.2) is 12.7 Å². The first-order chi connectivity index (χ1) is 8.22. The Morgan fingerprint density at radius 3 is 2.41 bits per heavy atom. The maximum Gasteiger partial charge on any atom is 0.0739 e. The topological polar surface area (TPSA) is 35.2 Å². The van der Waals surface area contributed by atoms with E-state index in [1.54, 1.807) is 0 Å². The third kappa shape index (κ3) is 2.88. The van der Waals surface area contributed by atoms with E-state index in [1.165, 1.54) is 30.4 Å². The lowest BCUT2D eigenvalue weighted by Gasteiger charge is -2.26. The van der Waals surface area contributed by atoms with Gasteiger partial charge in [-0.15, -0.1) is 0 Å². The summed E-state index contributed by atoms with van der Waals surface area (Å²) in [7, 11) is 0. The minimum Gasteiger partial charge on any atom is -0.377 e. The summed E-state index contributed by atoms with van der Waals surface area (Å²) in [4.78, 5) is 0. The highest BCUT2D eigenvalue weighted by Crippen LogP contribution is 2.36. The van der Waals surface area contributed by atoms with E-state index in [0.29, 0.717) is 0 Å². The highest BCUT2D eigenvalue weighted by atomic mass is 16.5. The smallest absolute Gasteiger partial charge is 0.0739 e. The largest absolute Gasteiger partial charge is 0.377 e. The van der Waals surface area contributed by atoms with Crippen LogP contribution in [0.2, 0.25) is 0 Å². The Hall–Kier alpha value is -0.860. The van der Waals surface area contributed by atoms with Gasteiger partial charge in [0.25, 0.3) is 0 Å². The molecule has 2 atom stereocenters. The quantitative estimate of drug-likeness (QED) is 0.846. The highest BCUT2D eigenvalue weighted by molar-refractivity contribution is 5.28. The standard InChI is InChI=1S/C15H23NO/c1-3-17-11(2)15(16)14-9-7-13(8-10-14)12-5-4-6-12/h7-12,15H,3-6,16H2,1-2H3. The predicted octanol–water partition coefficient (Wildman–Crippen LogP) is 3.38. The molecule has 1 aromatic carbocycles. The molecule has 94 valence electrons. The van der Waals surface area contributed by atoms with E-state index in [0.717, 1.165) is 12.5 Å². The van der Waals surface area contributed by atoms with Crippen LogP contribution in [0.1, 0.15) is 56.2 Å². The van der Waals surface area contributed by atoms with Gasteiger partial charge < -0.3 is 10.5 Å². The molecule has 1 aromatic rings. The molecule has 0 bridgehead atoms. The van der Waals surface area contributed by atoms with Crippen LogP contribution in [0.3, 0.4) is 0 Å². The van der Waals surface area contributed by atoms with E-state index in [-0.39, 0.29) is 12.1 Å². The van der Waals surface area contributed by atoms with Crippen molar-refractivity contribution in [2.45, 2.75) is 51.2 Å². The molecular weight excluding hydrogens is 210 g/mol. The lowest BCUT2D eigenvalue weighted by atomic mass is 9.80. The second-order valence-electron chi connectivity index (χ2n) is 4.98. The molecule has 1 aliphatic carbocycles. The first kappa shape index (κ1) is 12.6. The van der Waals surface area contributed by atoms with Gasteiger partial charge in [0.2, 0.25) is 0 Å². The van der Waals surface area contributed by atoms with Gasteiger partial charge in [-0.05, 0) is 43.7 Å². The molecule has 0 spiro atoms. The van der Waals surface area contributed by atoms with Gasteiger partial charge in [0.15, 0.2) is 0 Å². The Kier molecular flexibility index (Phi) is 4.19. The van der Waals surface area contributed by atoms with Gasteiger partial charge in [0.05, 0.1) is 12.1 Å². The van der Waals surface area contributed by atoms with Crippen LogP contribution >= 0.6 is 0 Å². The van der Waals surface area contributed by atoms with Gasteiger partial charge in [-0.25, -0.2) is 0 Å². The van der Waals surface area contributed by atoms with E-state index in [4.69, 9.17) is 10.5 Å². The molecule has 17 heavy (non-hydrogen) atoms. The molecule has 0 radical (unpaired) electrons. The second kappa shape index (κ2) is 5.65. The molecule has 0 aliphatic heterocycles. The number of hydrogen-bond donors (Lipinski definition) is 1. The summed E-state index contributed by atoms with van der Waals surface area (Å²) in [5, 5.41) is 0. The molecule has 0 amide bonds. The first-order valence-electron chi connectivity index (χ1n) is 6.69. The molecular formula is C15H23NO. The molecule has 2 N–H and O–H groups in total. The maximum absolute atomic E-state index is 6.17.